The first kappa shape index (κ1) is 26.2. The summed E-state index contributed by atoms with van der Waals surface area (Å²) in [5, 5.41) is 0. The van der Waals surface area contributed by atoms with Gasteiger partial charge >= 0.3 is 0 Å². The first-order chi connectivity index (χ1) is 26.0. The van der Waals surface area contributed by atoms with Crippen molar-refractivity contribution < 1.29 is 5.48 Å². The summed E-state index contributed by atoms with van der Waals surface area (Å²) in [6.45, 7) is 3.97. The van der Waals surface area contributed by atoms with Gasteiger partial charge in [-0.25, -0.2) is 15.0 Å². The van der Waals surface area contributed by atoms with Crippen LogP contribution >= 0.6 is 0 Å². The van der Waals surface area contributed by atoms with Crippen molar-refractivity contribution in [2.75, 3.05) is 0 Å². The largest absolute Gasteiger partial charge is 0.208 e. The van der Waals surface area contributed by atoms with Gasteiger partial charge < -0.3 is 0 Å². The lowest BCUT2D eigenvalue weighted by atomic mass is 9.61. The first-order valence-electron chi connectivity index (χ1n) is 19.3. The van der Waals surface area contributed by atoms with Gasteiger partial charge in [-0.2, -0.15) is 0 Å². The number of hydrogen-bond donors (Lipinski definition) is 0. The van der Waals surface area contributed by atoms with Crippen molar-refractivity contribution in [3.05, 3.63) is 163 Å². The lowest BCUT2D eigenvalue weighted by Crippen LogP contribution is -2.34. The lowest BCUT2D eigenvalue weighted by molar-refractivity contribution is 0.188. The van der Waals surface area contributed by atoms with Gasteiger partial charge in [0.15, 0.2) is 17.5 Å². The molecule has 1 spiro atoms. The quantitative estimate of drug-likeness (QED) is 0.186. The van der Waals surface area contributed by atoms with Crippen molar-refractivity contribution in [1.82, 2.24) is 15.0 Å². The molecule has 2 aliphatic carbocycles. The third-order valence-corrected chi connectivity index (χ3v) is 10.1. The molecule has 6 aromatic carbocycles. The summed E-state index contributed by atoms with van der Waals surface area (Å²) in [7, 11) is 0. The Morgan fingerprint density at radius 2 is 0.900 bits per heavy atom. The van der Waals surface area contributed by atoms with E-state index < -0.39 is 23.6 Å². The van der Waals surface area contributed by atoms with Gasteiger partial charge in [-0.3, -0.25) is 0 Å². The highest BCUT2D eigenvalue weighted by Gasteiger charge is 2.46. The summed E-state index contributed by atoms with van der Waals surface area (Å²) in [4.78, 5) is 14.9. The molecule has 0 aliphatic heterocycles. The molecule has 3 heteroatoms. The topological polar surface area (TPSA) is 38.7 Å². The van der Waals surface area contributed by atoms with E-state index in [0.29, 0.717) is 23.0 Å². The van der Waals surface area contributed by atoms with Gasteiger partial charge in [-0.1, -0.05) is 153 Å². The van der Waals surface area contributed by atoms with Crippen LogP contribution < -0.4 is 0 Å². The molecule has 1 aromatic heterocycles. The molecule has 0 N–H and O–H groups in total. The average molecular weight is 650 g/mol. The molecule has 3 nitrogen and oxygen atoms in total. The van der Waals surface area contributed by atoms with E-state index in [-0.39, 0.29) is 12.8 Å². The Kier molecular flexibility index (Phi) is 6.31. The molecule has 9 rings (SSSR count). The Balaban J connectivity index is 1.28. The lowest BCUT2D eigenvalue weighted by Gasteiger charge is -2.43. The van der Waals surface area contributed by atoms with Crippen molar-refractivity contribution in [3.8, 4) is 67.5 Å². The van der Waals surface area contributed by atoms with Crippen LogP contribution in [-0.4, -0.2) is 15.0 Å². The van der Waals surface area contributed by atoms with Crippen molar-refractivity contribution in [2.45, 2.75) is 44.8 Å². The zero-order valence-corrected chi connectivity index (χ0v) is 28.2. The van der Waals surface area contributed by atoms with Crippen LogP contribution in [0.15, 0.2) is 152 Å². The highest BCUT2D eigenvalue weighted by molar-refractivity contribution is 5.90. The van der Waals surface area contributed by atoms with Gasteiger partial charge in [0.05, 0.1) is 0 Å². The summed E-state index contributed by atoms with van der Waals surface area (Å²) in [5.41, 5.74) is 7.64. The summed E-state index contributed by atoms with van der Waals surface area (Å²) in [5.74, 6) is 1.70. The summed E-state index contributed by atoms with van der Waals surface area (Å²) < 4.78 is 38.9. The second kappa shape index (κ2) is 12.0. The van der Waals surface area contributed by atoms with Crippen LogP contribution in [0.4, 0.5) is 0 Å². The Morgan fingerprint density at radius 3 is 1.52 bits per heavy atom. The monoisotopic (exact) mass is 649 g/mol. The van der Waals surface area contributed by atoms with Gasteiger partial charge in [-0.05, 0) is 87.6 Å². The molecule has 242 valence electrons. The van der Waals surface area contributed by atoms with E-state index in [9.17, 15) is 5.48 Å². The van der Waals surface area contributed by atoms with E-state index in [0.717, 1.165) is 55.6 Å². The van der Waals surface area contributed by atoms with E-state index in [2.05, 4.69) is 48.5 Å². The number of nitrogens with zero attached hydrogens (tertiary/aromatic N) is 3. The van der Waals surface area contributed by atoms with E-state index in [1.165, 1.54) is 0 Å². The summed E-state index contributed by atoms with van der Waals surface area (Å²) in [6.07, 6.45) is -3.24. The number of fused-ring (bicyclic) bond motifs is 5. The van der Waals surface area contributed by atoms with Gasteiger partial charge in [0, 0.05) is 27.6 Å². The fourth-order valence-corrected chi connectivity index (χ4v) is 7.43. The van der Waals surface area contributed by atoms with Crippen LogP contribution in [0.5, 0.6) is 0 Å². The molecule has 1 saturated carbocycles. The molecule has 1 heterocycles. The second-order valence-corrected chi connectivity index (χ2v) is 14.1. The van der Waals surface area contributed by atoms with Crippen LogP contribution in [0.3, 0.4) is 0 Å². The van der Waals surface area contributed by atoms with Crippen LogP contribution in [0.2, 0.25) is 0 Å². The number of benzene rings is 6. The van der Waals surface area contributed by atoms with Gasteiger partial charge in [0.1, 0.15) is 0 Å². The molecule has 2 aliphatic rings. The van der Waals surface area contributed by atoms with Crippen molar-refractivity contribution in [2.24, 2.45) is 5.41 Å². The zero-order valence-electron chi connectivity index (χ0n) is 32.2. The highest BCUT2D eigenvalue weighted by Crippen LogP contribution is 2.59. The molecule has 0 radical (unpaired) electrons. The predicted octanol–water partition coefficient (Wildman–Crippen LogP) is 12.1. The molecule has 0 atom stereocenters. The maximum absolute atomic E-state index is 9.73. The Labute approximate surface area is 300 Å². The molecule has 1 fully saturated rings. The van der Waals surface area contributed by atoms with E-state index in [4.69, 9.17) is 15.0 Å². The minimum Gasteiger partial charge on any atom is -0.208 e. The Hall–Kier alpha value is -5.67. The molecule has 7 aromatic rings. The van der Waals surface area contributed by atoms with E-state index >= 15 is 0 Å². The van der Waals surface area contributed by atoms with Gasteiger partial charge in [0.2, 0.25) is 0 Å². The SMILES string of the molecule is [2H]C1([2H])CC(C)(C)CC([2H])([2H])C12c1ccccc1-c1ccc(-c3cc(-c4nc(-c5ccccc5)nc(-c5ccccc5)n4)ccc3-c3ccccc3)cc12. The molecule has 0 saturated heterocycles. The first-order valence-corrected chi connectivity index (χ1v) is 17.3. The van der Waals surface area contributed by atoms with Crippen LogP contribution in [0, 0.1) is 5.41 Å². The standard InChI is InChI=1S/C47H39N3/c1-46(2)26-28-47(29-27-46)41-21-13-12-20-38(41)39-25-22-35(31-42(39)47)40-30-36(23-24-37(40)32-14-6-3-7-15-32)45-49-43(33-16-8-4-9-17-33)48-44(50-45)34-18-10-5-11-19-34/h3-25,30-31H,26-29H2,1-2H3/i28D2,29D2. The number of aromatic nitrogens is 3. The molecular formula is C47H39N3. The van der Waals surface area contributed by atoms with Crippen molar-refractivity contribution in [1.29, 1.82) is 0 Å². The highest BCUT2D eigenvalue weighted by atomic mass is 15.0. The van der Waals surface area contributed by atoms with Crippen molar-refractivity contribution in [3.63, 3.8) is 0 Å². The Morgan fingerprint density at radius 1 is 0.420 bits per heavy atom. The third kappa shape index (κ3) is 5.25. The predicted molar refractivity (Wildman–Crippen MR) is 205 cm³/mol. The second-order valence-electron chi connectivity index (χ2n) is 14.1. The molecule has 0 amide bonds. The van der Waals surface area contributed by atoms with Crippen LogP contribution in [-0.2, 0) is 5.41 Å². The number of hydrogen-bond acceptors (Lipinski definition) is 3. The smallest absolute Gasteiger partial charge is 0.164 e. The van der Waals surface area contributed by atoms with Gasteiger partial charge in [0.25, 0.3) is 0 Å². The van der Waals surface area contributed by atoms with E-state index in [1.54, 1.807) is 0 Å². The molecule has 50 heavy (non-hydrogen) atoms. The van der Waals surface area contributed by atoms with Gasteiger partial charge in [-0.15, -0.1) is 0 Å². The normalized spacial score (nSPS) is 18.6. The van der Waals surface area contributed by atoms with Crippen LogP contribution in [0.25, 0.3) is 67.5 Å². The minimum atomic E-state index is -1.87. The number of rotatable bonds is 5. The maximum Gasteiger partial charge on any atom is 0.164 e. The third-order valence-electron chi connectivity index (χ3n) is 10.1. The summed E-state index contributed by atoms with van der Waals surface area (Å²) in [6, 6.07) is 50.4. The van der Waals surface area contributed by atoms with Crippen molar-refractivity contribution >= 4 is 0 Å². The molecular weight excluding hydrogens is 607 g/mol. The van der Waals surface area contributed by atoms with Crippen LogP contribution in [0.1, 0.15) is 56.0 Å². The summed E-state index contributed by atoms with van der Waals surface area (Å²) >= 11 is 0. The fraction of sp³-hybridized carbons (Fsp3) is 0.170. The minimum absolute atomic E-state index is 0.245. The Bertz CT molecular complexity index is 2460. The zero-order chi connectivity index (χ0) is 37.3. The maximum atomic E-state index is 9.73. The fourth-order valence-electron chi connectivity index (χ4n) is 7.43. The van der Waals surface area contributed by atoms with E-state index in [1.807, 2.05) is 117 Å². The molecule has 0 unspecified atom stereocenters. The molecule has 0 bridgehead atoms. The average Bonchev–Trinajstić information content (AvgIpc) is 3.49.